The maximum atomic E-state index is 15.8. The summed E-state index contributed by atoms with van der Waals surface area (Å²) in [7, 11) is 3.92. The van der Waals surface area contributed by atoms with Gasteiger partial charge in [0, 0.05) is 23.2 Å². The molecule has 0 aliphatic carbocycles. The molecular weight excluding hydrogens is 695 g/mol. The molecule has 1 unspecified atom stereocenters. The molecule has 1 saturated heterocycles. The Bertz CT molecular complexity index is 2430. The van der Waals surface area contributed by atoms with Gasteiger partial charge in [0.25, 0.3) is 17.6 Å². The fourth-order valence-electron chi connectivity index (χ4n) is 9.26. The maximum absolute atomic E-state index is 15.8. The van der Waals surface area contributed by atoms with Gasteiger partial charge in [-0.05, 0) is 47.4 Å². The number of hydrogen-bond acceptors (Lipinski definition) is 10. The van der Waals surface area contributed by atoms with Crippen LogP contribution in [0.3, 0.4) is 0 Å². The van der Waals surface area contributed by atoms with Crippen molar-refractivity contribution in [2.24, 2.45) is 5.92 Å². The molecule has 12 heteroatoms. The maximum Gasteiger partial charge on any atom is 0.379 e. The van der Waals surface area contributed by atoms with Gasteiger partial charge in [0.1, 0.15) is 22.0 Å². The minimum atomic E-state index is -1.74. The van der Waals surface area contributed by atoms with Crippen LogP contribution in [0.25, 0.3) is 10.9 Å². The van der Waals surface area contributed by atoms with E-state index in [-0.39, 0.29) is 23.0 Å². The fraction of sp³-hybridized carbons (Fsp3) is 0.244. The molecule has 4 aromatic carbocycles. The average Bonchev–Trinajstić information content (AvgIpc) is 3.85. The Kier molecular flexibility index (Phi) is 7.44. The number of benzene rings is 4. The van der Waals surface area contributed by atoms with E-state index in [0.29, 0.717) is 40.9 Å². The van der Waals surface area contributed by atoms with Crippen LogP contribution in [-0.4, -0.2) is 71.6 Å². The summed E-state index contributed by atoms with van der Waals surface area (Å²) in [6, 6.07) is 28.7. The number of methoxy groups -OCH3 is 3. The minimum absolute atomic E-state index is 0.00778. The van der Waals surface area contributed by atoms with Gasteiger partial charge in [0.15, 0.2) is 0 Å². The smallest absolute Gasteiger partial charge is 0.379 e. The number of Topliss-reactive ketones (excluding diaryl/α,β-unsaturated/α-hetero) is 1. The van der Waals surface area contributed by atoms with E-state index in [1.54, 1.807) is 41.3 Å². The van der Waals surface area contributed by atoms with Gasteiger partial charge < -0.3 is 19.1 Å². The number of amides is 1. The van der Waals surface area contributed by atoms with Crippen LogP contribution in [0.4, 0.5) is 5.69 Å². The van der Waals surface area contributed by atoms with Crippen molar-refractivity contribution >= 4 is 57.9 Å². The highest BCUT2D eigenvalue weighted by atomic mass is 32.2. The molecule has 0 saturated carbocycles. The summed E-state index contributed by atoms with van der Waals surface area (Å²) in [6.45, 7) is 0.538. The van der Waals surface area contributed by atoms with Crippen molar-refractivity contribution in [3.63, 3.8) is 0 Å². The van der Waals surface area contributed by atoms with Gasteiger partial charge in [-0.1, -0.05) is 84.6 Å². The number of anilines is 1. The Morgan fingerprint density at radius 2 is 1.58 bits per heavy atom. The molecule has 2 spiro atoms. The number of carbonyl (C=O) groups excluding carboxylic acids is 5. The highest BCUT2D eigenvalue weighted by molar-refractivity contribution is 8.02. The van der Waals surface area contributed by atoms with E-state index in [4.69, 9.17) is 14.2 Å². The summed E-state index contributed by atoms with van der Waals surface area (Å²) in [5.74, 6) is -4.57. The van der Waals surface area contributed by atoms with E-state index in [9.17, 15) is 14.4 Å². The van der Waals surface area contributed by atoms with Crippen LogP contribution in [0.5, 0.6) is 5.75 Å². The van der Waals surface area contributed by atoms with E-state index < -0.39 is 45.9 Å². The zero-order valence-electron chi connectivity index (χ0n) is 29.0. The van der Waals surface area contributed by atoms with Crippen LogP contribution >= 0.6 is 11.8 Å². The molecule has 1 aromatic heterocycles. The number of fused-ring (bicyclic) bond motifs is 10. The molecule has 4 atom stereocenters. The molecule has 0 N–H and O–H groups in total. The molecule has 11 nitrogen and oxygen atoms in total. The molecule has 1 amide bonds. The second kappa shape index (κ2) is 11.9. The van der Waals surface area contributed by atoms with Crippen LogP contribution in [0, 0.1) is 5.92 Å². The summed E-state index contributed by atoms with van der Waals surface area (Å²) in [5, 5.41) is 0.607. The summed E-state index contributed by atoms with van der Waals surface area (Å²) >= 11 is 1.06. The highest BCUT2D eigenvalue weighted by Crippen LogP contribution is 2.71. The Morgan fingerprint density at radius 3 is 2.34 bits per heavy atom. The second-order valence-corrected chi connectivity index (χ2v) is 14.8. The molecular formula is C41H33N3O8S. The third-order valence-electron chi connectivity index (χ3n) is 11.3. The van der Waals surface area contributed by atoms with Crippen molar-refractivity contribution in [1.82, 2.24) is 9.47 Å². The Hall–Kier alpha value is -5.72. The number of esters is 2. The lowest BCUT2D eigenvalue weighted by molar-refractivity contribution is -0.153. The van der Waals surface area contributed by atoms with Crippen molar-refractivity contribution in [3.8, 4) is 5.75 Å². The monoisotopic (exact) mass is 727 g/mol. The van der Waals surface area contributed by atoms with Crippen LogP contribution in [0.2, 0.25) is 0 Å². The fourth-order valence-corrected chi connectivity index (χ4v) is 11.1. The van der Waals surface area contributed by atoms with Gasteiger partial charge in [-0.25, -0.2) is 4.79 Å². The minimum Gasteiger partial charge on any atom is -0.497 e. The van der Waals surface area contributed by atoms with E-state index in [1.807, 2.05) is 65.6 Å². The SMILES string of the molecule is COC(=O)C(=O)c1c2n(c3ccccc13)C(=O)[C@@]1(S2)C2c3ccccc3CCN2[C@@]2(C(=O)N(Cc3ccccc3)c3ccc(OC)cc32)[C@@H]1C(=O)OC. The van der Waals surface area contributed by atoms with Crippen LogP contribution in [0.1, 0.15) is 43.4 Å². The number of thioether (sulfide) groups is 1. The topological polar surface area (TPSA) is 124 Å². The predicted molar refractivity (Wildman–Crippen MR) is 195 cm³/mol. The van der Waals surface area contributed by atoms with Gasteiger partial charge in [0.05, 0.1) is 50.0 Å². The molecule has 9 rings (SSSR count). The van der Waals surface area contributed by atoms with Crippen LogP contribution in [0.15, 0.2) is 102 Å². The second-order valence-electron chi connectivity index (χ2n) is 13.6. The van der Waals surface area contributed by atoms with Gasteiger partial charge in [-0.15, -0.1) is 0 Å². The van der Waals surface area contributed by atoms with E-state index >= 15 is 9.59 Å². The van der Waals surface area contributed by atoms with Crippen LogP contribution in [-0.2, 0) is 42.4 Å². The molecule has 53 heavy (non-hydrogen) atoms. The first-order chi connectivity index (χ1) is 25.7. The lowest BCUT2D eigenvalue weighted by Gasteiger charge is -2.42. The molecule has 1 fully saturated rings. The number of ketones is 1. The number of aromatic nitrogens is 1. The molecule has 266 valence electrons. The van der Waals surface area contributed by atoms with E-state index in [2.05, 4.69) is 0 Å². The lowest BCUT2D eigenvalue weighted by Crippen LogP contribution is -2.57. The first kappa shape index (κ1) is 33.1. The number of nitrogens with zero attached hydrogens (tertiary/aromatic N) is 3. The zero-order chi connectivity index (χ0) is 36.8. The first-order valence-corrected chi connectivity index (χ1v) is 18.0. The van der Waals surface area contributed by atoms with Gasteiger partial charge >= 0.3 is 11.9 Å². The lowest BCUT2D eigenvalue weighted by atomic mass is 9.73. The summed E-state index contributed by atoms with van der Waals surface area (Å²) in [4.78, 5) is 76.8. The van der Waals surface area contributed by atoms with Crippen molar-refractivity contribution in [3.05, 3.63) is 125 Å². The molecule has 5 aromatic rings. The Morgan fingerprint density at radius 1 is 0.849 bits per heavy atom. The summed E-state index contributed by atoms with van der Waals surface area (Å²) in [5.41, 5.74) is 2.43. The molecule has 4 aliphatic heterocycles. The molecule has 0 bridgehead atoms. The van der Waals surface area contributed by atoms with Crippen LogP contribution < -0.4 is 9.64 Å². The summed E-state index contributed by atoms with van der Waals surface area (Å²) in [6.07, 6.45) is 0.545. The zero-order valence-corrected chi connectivity index (χ0v) is 29.8. The van der Waals surface area contributed by atoms with Gasteiger partial charge in [-0.3, -0.25) is 28.6 Å². The third kappa shape index (κ3) is 4.18. The highest BCUT2D eigenvalue weighted by Gasteiger charge is 2.81. The average molecular weight is 728 g/mol. The summed E-state index contributed by atoms with van der Waals surface area (Å²) < 4.78 is 15.9. The number of ether oxygens (including phenoxy) is 3. The predicted octanol–water partition coefficient (Wildman–Crippen LogP) is 5.33. The van der Waals surface area contributed by atoms with E-state index in [1.165, 1.54) is 18.8 Å². The third-order valence-corrected chi connectivity index (χ3v) is 12.9. The van der Waals surface area contributed by atoms with Crippen molar-refractivity contribution in [2.45, 2.75) is 34.3 Å². The molecule has 0 radical (unpaired) electrons. The first-order valence-electron chi connectivity index (χ1n) is 17.2. The normalized spacial score (nSPS) is 23.9. The largest absolute Gasteiger partial charge is 0.497 e. The van der Waals surface area contributed by atoms with Gasteiger partial charge in [0.2, 0.25) is 0 Å². The molecule has 5 heterocycles. The Balaban J connectivity index is 1.37. The molecule has 4 aliphatic rings. The number of hydrogen-bond donors (Lipinski definition) is 0. The quantitative estimate of drug-likeness (QED) is 0.129. The number of rotatable bonds is 6. The standard InChI is InChI=1S/C41H33N3O8S/c1-50-25-17-18-30-28(21-25)40(38(48)42(30)22-23-11-5-4-6-12-23)33(37(47)52-3)41(34-26-14-8-7-13-24(26)19-20-43(34)40)39(49)44-29-16-10-9-15-27(29)31(35(44)53-41)32(45)36(46)51-2/h4-18,21,33-34H,19-20,22H2,1-3H3/t33-,34?,40+,41-/m0/s1. The van der Waals surface area contributed by atoms with E-state index in [0.717, 1.165) is 35.6 Å². The van der Waals surface area contributed by atoms with Crippen molar-refractivity contribution in [1.29, 1.82) is 0 Å². The van der Waals surface area contributed by atoms with Gasteiger partial charge in [-0.2, -0.15) is 0 Å². The van der Waals surface area contributed by atoms with Crippen molar-refractivity contribution < 1.29 is 38.2 Å². The Labute approximate surface area is 308 Å². The number of para-hydroxylation sites is 1. The van der Waals surface area contributed by atoms with Crippen molar-refractivity contribution in [2.75, 3.05) is 32.8 Å². The number of carbonyl (C=O) groups is 5.